The molecule has 58 heavy (non-hydrogen) atoms. The van der Waals surface area contributed by atoms with Crippen molar-refractivity contribution in [3.05, 3.63) is 158 Å². The lowest BCUT2D eigenvalue weighted by molar-refractivity contribution is 0.312. The highest BCUT2D eigenvalue weighted by Gasteiger charge is 2.09. The Bertz CT molecular complexity index is 2280. The highest BCUT2D eigenvalue weighted by Crippen LogP contribution is 2.25. The molecule has 0 atom stereocenters. The molecule has 0 radical (unpaired) electrons. The predicted octanol–water partition coefficient (Wildman–Crippen LogP) is 8.91. The van der Waals surface area contributed by atoms with E-state index in [0.717, 1.165) is 72.9 Å². The normalized spacial score (nSPS) is 13.3. The topological polar surface area (TPSA) is 126 Å². The minimum Gasteiger partial charge on any atom is -0.477 e. The second-order valence-electron chi connectivity index (χ2n) is 13.7. The summed E-state index contributed by atoms with van der Waals surface area (Å²) in [7, 11) is 4.18. The van der Waals surface area contributed by atoms with Crippen LogP contribution in [0.15, 0.2) is 147 Å². The Kier molecular flexibility index (Phi) is 15.2. The SMILES string of the molecule is C=CCCOc1cc(-c2ccnc(Nc3cccc(CN(C)CC=C)c3)n2)ccn1.CN1C/C=C/CCOc2cc(ccn2)-c2ccnc(n2)Nc2cccc(c2)C1. The lowest BCUT2D eigenvalue weighted by Gasteiger charge is -2.15. The summed E-state index contributed by atoms with van der Waals surface area (Å²) in [5.41, 5.74) is 7.84. The summed E-state index contributed by atoms with van der Waals surface area (Å²) < 4.78 is 11.4. The Hall–Kier alpha value is -6.76. The monoisotopic (exact) mass is 774 g/mol. The van der Waals surface area contributed by atoms with Crippen molar-refractivity contribution in [2.75, 3.05) is 51.0 Å². The number of nitrogens with zero attached hydrogens (tertiary/aromatic N) is 8. The molecular weight excluding hydrogens is 725 g/mol. The molecule has 4 aromatic heterocycles. The van der Waals surface area contributed by atoms with Crippen LogP contribution in [-0.2, 0) is 13.1 Å². The molecule has 7 rings (SSSR count). The van der Waals surface area contributed by atoms with Crippen molar-refractivity contribution in [2.24, 2.45) is 0 Å². The van der Waals surface area contributed by atoms with Crippen molar-refractivity contribution in [1.29, 1.82) is 0 Å². The zero-order chi connectivity index (χ0) is 40.4. The molecule has 5 heterocycles. The number of likely N-dealkylation sites (N-methyl/N-ethyl adjacent to an activating group) is 2. The van der Waals surface area contributed by atoms with Gasteiger partial charge in [0.15, 0.2) is 0 Å². The Morgan fingerprint density at radius 1 is 0.845 bits per heavy atom. The maximum Gasteiger partial charge on any atom is 0.227 e. The minimum atomic E-state index is 0.537. The van der Waals surface area contributed by atoms with Crippen molar-refractivity contribution in [1.82, 2.24) is 39.7 Å². The van der Waals surface area contributed by atoms with Crippen LogP contribution in [0.5, 0.6) is 11.8 Å². The molecule has 0 aliphatic carbocycles. The van der Waals surface area contributed by atoms with Crippen molar-refractivity contribution < 1.29 is 9.47 Å². The third kappa shape index (κ3) is 12.9. The number of pyridine rings is 2. The molecule has 2 N–H and O–H groups in total. The largest absolute Gasteiger partial charge is 0.477 e. The first kappa shape index (κ1) is 40.9. The summed E-state index contributed by atoms with van der Waals surface area (Å²) in [4.78, 5) is 31.0. The first-order valence-electron chi connectivity index (χ1n) is 19.2. The van der Waals surface area contributed by atoms with Gasteiger partial charge in [0, 0.05) is 85.6 Å². The van der Waals surface area contributed by atoms with Crippen LogP contribution in [0.25, 0.3) is 22.5 Å². The van der Waals surface area contributed by atoms with Gasteiger partial charge in [0.05, 0.1) is 24.6 Å². The van der Waals surface area contributed by atoms with E-state index in [0.29, 0.717) is 36.9 Å². The van der Waals surface area contributed by atoms with Gasteiger partial charge in [-0.3, -0.25) is 9.80 Å². The number of ether oxygens (including phenoxy) is 2. The first-order valence-corrected chi connectivity index (χ1v) is 19.2. The van der Waals surface area contributed by atoms with Crippen molar-refractivity contribution >= 4 is 23.3 Å². The van der Waals surface area contributed by atoms with Crippen LogP contribution < -0.4 is 20.1 Å². The summed E-state index contributed by atoms with van der Waals surface area (Å²) in [6, 6.07) is 28.0. The van der Waals surface area contributed by atoms with Crippen LogP contribution in [0.4, 0.5) is 23.3 Å². The van der Waals surface area contributed by atoms with E-state index in [9.17, 15) is 0 Å². The quantitative estimate of drug-likeness (QED) is 0.0965. The Morgan fingerprint density at radius 2 is 1.64 bits per heavy atom. The van der Waals surface area contributed by atoms with Crippen LogP contribution in [0, 0.1) is 0 Å². The van der Waals surface area contributed by atoms with Crippen LogP contribution in [0.1, 0.15) is 24.0 Å². The fourth-order valence-corrected chi connectivity index (χ4v) is 6.03. The highest BCUT2D eigenvalue weighted by molar-refractivity contribution is 5.64. The third-order valence-electron chi connectivity index (χ3n) is 8.77. The number of hydrogen-bond acceptors (Lipinski definition) is 12. The fraction of sp³-hybridized carbons (Fsp3) is 0.217. The van der Waals surface area contributed by atoms with Gasteiger partial charge < -0.3 is 20.1 Å². The molecule has 0 saturated heterocycles. The third-order valence-corrected chi connectivity index (χ3v) is 8.77. The number of anilines is 4. The molecule has 2 aromatic carbocycles. The zero-order valence-corrected chi connectivity index (χ0v) is 33.2. The number of hydrogen-bond donors (Lipinski definition) is 2. The van der Waals surface area contributed by atoms with E-state index in [2.05, 4.69) is 120 Å². The summed E-state index contributed by atoms with van der Waals surface area (Å²) in [6.45, 7) is 12.1. The molecule has 0 saturated carbocycles. The van der Waals surface area contributed by atoms with Gasteiger partial charge in [0.1, 0.15) is 0 Å². The maximum absolute atomic E-state index is 5.79. The molecule has 1 aliphatic heterocycles. The van der Waals surface area contributed by atoms with E-state index in [1.54, 1.807) is 24.8 Å². The molecule has 12 nitrogen and oxygen atoms in total. The second-order valence-corrected chi connectivity index (χ2v) is 13.7. The number of rotatable bonds is 11. The van der Waals surface area contributed by atoms with Crippen molar-refractivity contribution in [3.63, 3.8) is 0 Å². The number of aromatic nitrogens is 6. The van der Waals surface area contributed by atoms with Crippen LogP contribution in [-0.4, -0.2) is 80.1 Å². The van der Waals surface area contributed by atoms with Crippen molar-refractivity contribution in [3.8, 4) is 34.3 Å². The molecule has 0 amide bonds. The van der Waals surface area contributed by atoms with Gasteiger partial charge in [-0.25, -0.2) is 29.9 Å². The first-order chi connectivity index (χ1) is 28.4. The standard InChI is InChI=1S/C24H27N5O.C22H23N5O/c1-4-6-15-30-23-17-20(10-12-25-23)22-11-13-26-24(28-22)27-21-9-7-8-19(16-21)18-29(3)14-5-2;1-27-12-3-2-4-13-28-21-15-18(8-10-23-21)20-9-11-24-22(26-20)25-19-7-5-6-17(14-19)16-27/h4-5,7-13,16-17H,1-2,6,14-15,18H2,3H3,(H,26,27,28);2-3,5-11,14-15H,4,12-13,16H2,1H3,(H,24,25,26)/b;3-2+. The molecule has 0 unspecified atom stereocenters. The molecular formula is C46H50N10O2. The van der Waals surface area contributed by atoms with Crippen LogP contribution in [0.3, 0.4) is 0 Å². The highest BCUT2D eigenvalue weighted by atomic mass is 16.5. The molecule has 6 aromatic rings. The summed E-state index contributed by atoms with van der Waals surface area (Å²) in [5.74, 6) is 2.27. The zero-order valence-electron chi connectivity index (χ0n) is 33.2. The van der Waals surface area contributed by atoms with E-state index < -0.39 is 0 Å². The Morgan fingerprint density at radius 3 is 2.50 bits per heavy atom. The summed E-state index contributed by atoms with van der Waals surface area (Å²) in [5, 5.41) is 6.61. The number of benzene rings is 2. The molecule has 6 bridgehead atoms. The number of nitrogens with one attached hydrogen (secondary N) is 2. The number of fused-ring (bicyclic) bond motifs is 7. The summed E-state index contributed by atoms with van der Waals surface area (Å²) in [6.07, 6.45) is 16.6. The van der Waals surface area contributed by atoms with Gasteiger partial charge in [0.25, 0.3) is 0 Å². The van der Waals surface area contributed by atoms with Crippen LogP contribution >= 0.6 is 0 Å². The summed E-state index contributed by atoms with van der Waals surface area (Å²) >= 11 is 0. The fourth-order valence-electron chi connectivity index (χ4n) is 6.03. The van der Waals surface area contributed by atoms with E-state index in [1.165, 1.54) is 11.1 Å². The van der Waals surface area contributed by atoms with Gasteiger partial charge in [-0.15, -0.1) is 13.2 Å². The molecule has 12 heteroatoms. The van der Waals surface area contributed by atoms with Gasteiger partial charge >= 0.3 is 0 Å². The Labute approximate surface area is 341 Å². The van der Waals surface area contributed by atoms with Gasteiger partial charge in [-0.05, 0) is 86.6 Å². The van der Waals surface area contributed by atoms with Gasteiger partial charge in [-0.2, -0.15) is 0 Å². The average molecular weight is 775 g/mol. The lowest BCUT2D eigenvalue weighted by atomic mass is 10.2. The second kappa shape index (κ2) is 21.5. The lowest BCUT2D eigenvalue weighted by Crippen LogP contribution is -2.17. The van der Waals surface area contributed by atoms with Crippen LogP contribution in [0.2, 0.25) is 0 Å². The van der Waals surface area contributed by atoms with E-state index >= 15 is 0 Å². The van der Waals surface area contributed by atoms with E-state index in [-0.39, 0.29) is 0 Å². The van der Waals surface area contributed by atoms with Gasteiger partial charge in [0.2, 0.25) is 23.7 Å². The van der Waals surface area contributed by atoms with E-state index in [4.69, 9.17) is 9.47 Å². The Balaban J connectivity index is 0.000000196. The van der Waals surface area contributed by atoms with Crippen molar-refractivity contribution in [2.45, 2.75) is 25.9 Å². The molecule has 0 spiro atoms. The maximum atomic E-state index is 5.79. The molecule has 0 fully saturated rings. The minimum absolute atomic E-state index is 0.537. The molecule has 296 valence electrons. The van der Waals surface area contributed by atoms with E-state index in [1.807, 2.05) is 66.7 Å². The average Bonchev–Trinajstić information content (AvgIpc) is 3.23. The smallest absolute Gasteiger partial charge is 0.227 e. The molecule has 1 aliphatic rings. The predicted molar refractivity (Wildman–Crippen MR) is 232 cm³/mol. The van der Waals surface area contributed by atoms with Gasteiger partial charge in [-0.1, -0.05) is 48.6 Å².